The molecule has 1 aliphatic rings. The highest BCUT2D eigenvalue weighted by atomic mass is 35.5. The molecule has 92 valence electrons. The molecule has 3 rings (SSSR count). The molecule has 18 heavy (non-hydrogen) atoms. The number of hydrogen-bond acceptors (Lipinski definition) is 2. The molecule has 0 aliphatic carbocycles. The highest BCUT2D eigenvalue weighted by Gasteiger charge is 2.19. The first-order chi connectivity index (χ1) is 8.74. The molecule has 1 heterocycles. The monoisotopic (exact) mass is 278 g/mol. The van der Waals surface area contributed by atoms with Crippen molar-refractivity contribution in [3.8, 4) is 0 Å². The fourth-order valence-electron chi connectivity index (χ4n) is 2.15. The van der Waals surface area contributed by atoms with Gasteiger partial charge in [-0.1, -0.05) is 53.5 Å². The largest absolute Gasteiger partial charge is 0.381 e. The Hall–Kier alpha value is -1.38. The minimum absolute atomic E-state index is 0.246. The van der Waals surface area contributed by atoms with E-state index in [1.807, 2.05) is 30.3 Å². The zero-order valence-electron chi connectivity index (χ0n) is 9.58. The van der Waals surface area contributed by atoms with Crippen molar-refractivity contribution in [1.29, 1.82) is 0 Å². The van der Waals surface area contributed by atoms with E-state index in [9.17, 15) is 0 Å². The summed E-state index contributed by atoms with van der Waals surface area (Å²) < 4.78 is 0. The van der Waals surface area contributed by atoms with Crippen LogP contribution in [0.15, 0.2) is 42.5 Å². The summed E-state index contributed by atoms with van der Waals surface area (Å²) in [6.07, 6.45) is 0. The highest BCUT2D eigenvalue weighted by molar-refractivity contribution is 6.42. The first-order valence-electron chi connectivity index (χ1n) is 5.78. The van der Waals surface area contributed by atoms with Crippen LogP contribution in [0.1, 0.15) is 11.6 Å². The maximum Gasteiger partial charge on any atom is 0.0687 e. The van der Waals surface area contributed by atoms with Crippen molar-refractivity contribution in [2.45, 2.75) is 6.04 Å². The van der Waals surface area contributed by atoms with E-state index in [2.05, 4.69) is 22.8 Å². The van der Waals surface area contributed by atoms with Gasteiger partial charge in [0, 0.05) is 6.54 Å². The third kappa shape index (κ3) is 2.14. The van der Waals surface area contributed by atoms with E-state index in [1.54, 1.807) is 0 Å². The Bertz CT molecular complexity index is 570. The Morgan fingerprint density at radius 1 is 0.944 bits per heavy atom. The number of benzene rings is 2. The van der Waals surface area contributed by atoms with E-state index in [4.69, 9.17) is 23.2 Å². The van der Waals surface area contributed by atoms with Crippen LogP contribution in [0.25, 0.3) is 0 Å². The second-order valence-corrected chi connectivity index (χ2v) is 5.11. The Morgan fingerprint density at radius 2 is 1.61 bits per heavy atom. The van der Waals surface area contributed by atoms with Gasteiger partial charge in [-0.05, 0) is 17.7 Å². The summed E-state index contributed by atoms with van der Waals surface area (Å²) in [4.78, 5) is 0. The number of anilines is 2. The lowest BCUT2D eigenvalue weighted by Gasteiger charge is -2.29. The lowest BCUT2D eigenvalue weighted by Crippen LogP contribution is -2.25. The van der Waals surface area contributed by atoms with E-state index in [0.717, 1.165) is 17.9 Å². The number of halogens is 2. The van der Waals surface area contributed by atoms with Crippen LogP contribution >= 0.6 is 23.2 Å². The first kappa shape index (κ1) is 11.7. The van der Waals surface area contributed by atoms with Gasteiger partial charge in [0.05, 0.1) is 27.5 Å². The van der Waals surface area contributed by atoms with Crippen LogP contribution in [0.2, 0.25) is 10.0 Å². The Labute approximate surface area is 116 Å². The van der Waals surface area contributed by atoms with E-state index < -0.39 is 0 Å². The molecule has 0 unspecified atom stereocenters. The van der Waals surface area contributed by atoms with Gasteiger partial charge in [0.25, 0.3) is 0 Å². The van der Waals surface area contributed by atoms with Gasteiger partial charge in [-0.3, -0.25) is 0 Å². The van der Waals surface area contributed by atoms with Crippen molar-refractivity contribution in [2.75, 3.05) is 17.2 Å². The van der Waals surface area contributed by atoms with Crippen LogP contribution < -0.4 is 10.6 Å². The molecule has 1 atom stereocenters. The smallest absolute Gasteiger partial charge is 0.0687 e. The van der Waals surface area contributed by atoms with Crippen molar-refractivity contribution in [3.63, 3.8) is 0 Å². The van der Waals surface area contributed by atoms with Crippen molar-refractivity contribution in [2.24, 2.45) is 0 Å². The van der Waals surface area contributed by atoms with Gasteiger partial charge in [-0.2, -0.15) is 0 Å². The van der Waals surface area contributed by atoms with Crippen molar-refractivity contribution in [1.82, 2.24) is 0 Å². The average Bonchev–Trinajstić information content (AvgIpc) is 2.41. The van der Waals surface area contributed by atoms with Crippen LogP contribution in [0.5, 0.6) is 0 Å². The SMILES string of the molecule is Clc1cc2c(cc1Cl)N[C@@H](c1ccccc1)CN2. The third-order valence-corrected chi connectivity index (χ3v) is 3.81. The fraction of sp³-hybridized carbons (Fsp3) is 0.143. The lowest BCUT2D eigenvalue weighted by atomic mass is 10.0. The molecule has 0 spiro atoms. The molecule has 0 radical (unpaired) electrons. The molecule has 2 aromatic carbocycles. The number of hydrogen-bond donors (Lipinski definition) is 2. The second-order valence-electron chi connectivity index (χ2n) is 4.30. The molecule has 2 nitrogen and oxygen atoms in total. The Kier molecular flexibility index (Phi) is 3.06. The minimum Gasteiger partial charge on any atom is -0.381 e. The fourth-order valence-corrected chi connectivity index (χ4v) is 2.48. The standard InChI is InChI=1S/C14H12Cl2N2/c15-10-6-12-13(7-11(10)16)18-14(8-17-12)9-4-2-1-3-5-9/h1-7,14,17-18H,8H2/t14-/m1/s1. The van der Waals surface area contributed by atoms with Crippen LogP contribution in [0.4, 0.5) is 11.4 Å². The molecule has 1 aliphatic heterocycles. The van der Waals surface area contributed by atoms with E-state index in [-0.39, 0.29) is 6.04 Å². The maximum absolute atomic E-state index is 6.04. The van der Waals surface area contributed by atoms with Gasteiger partial charge in [0.15, 0.2) is 0 Å². The predicted octanol–water partition coefficient (Wildman–Crippen LogP) is 4.57. The number of fused-ring (bicyclic) bond motifs is 1. The number of rotatable bonds is 1. The summed E-state index contributed by atoms with van der Waals surface area (Å²) in [7, 11) is 0. The summed E-state index contributed by atoms with van der Waals surface area (Å²) >= 11 is 12.0. The molecule has 0 saturated carbocycles. The van der Waals surface area contributed by atoms with Gasteiger partial charge in [0.2, 0.25) is 0 Å². The van der Waals surface area contributed by atoms with Crippen molar-refractivity contribution >= 4 is 34.6 Å². The summed E-state index contributed by atoms with van der Waals surface area (Å²) in [6, 6.07) is 14.3. The van der Waals surface area contributed by atoms with Crippen molar-refractivity contribution < 1.29 is 0 Å². The van der Waals surface area contributed by atoms with Gasteiger partial charge < -0.3 is 10.6 Å². The summed E-state index contributed by atoms with van der Waals surface area (Å²) in [6.45, 7) is 0.828. The third-order valence-electron chi connectivity index (χ3n) is 3.09. The van der Waals surface area contributed by atoms with Gasteiger partial charge in [-0.25, -0.2) is 0 Å². The molecule has 0 aromatic heterocycles. The first-order valence-corrected chi connectivity index (χ1v) is 6.54. The zero-order valence-corrected chi connectivity index (χ0v) is 11.1. The lowest BCUT2D eigenvalue weighted by molar-refractivity contribution is 0.804. The molecule has 2 aromatic rings. The molecule has 0 amide bonds. The molecular formula is C14H12Cl2N2. The quantitative estimate of drug-likeness (QED) is 0.798. The minimum atomic E-state index is 0.246. The summed E-state index contributed by atoms with van der Waals surface area (Å²) in [5.74, 6) is 0. The van der Waals surface area contributed by atoms with Crippen LogP contribution in [0.3, 0.4) is 0 Å². The van der Waals surface area contributed by atoms with E-state index in [1.165, 1.54) is 5.56 Å². The average molecular weight is 279 g/mol. The normalized spacial score (nSPS) is 17.6. The maximum atomic E-state index is 6.04. The van der Waals surface area contributed by atoms with Gasteiger partial charge in [-0.15, -0.1) is 0 Å². The van der Waals surface area contributed by atoms with Gasteiger partial charge >= 0.3 is 0 Å². The Balaban J connectivity index is 1.92. The molecule has 4 heteroatoms. The molecule has 2 N–H and O–H groups in total. The van der Waals surface area contributed by atoms with Crippen LogP contribution in [-0.4, -0.2) is 6.54 Å². The van der Waals surface area contributed by atoms with Crippen molar-refractivity contribution in [3.05, 3.63) is 58.1 Å². The predicted molar refractivity (Wildman–Crippen MR) is 77.8 cm³/mol. The summed E-state index contributed by atoms with van der Waals surface area (Å²) in [5, 5.41) is 7.99. The number of nitrogens with one attached hydrogen (secondary N) is 2. The molecule has 0 fully saturated rings. The Morgan fingerprint density at radius 3 is 2.33 bits per heavy atom. The molecule has 0 saturated heterocycles. The second kappa shape index (κ2) is 4.71. The van der Waals surface area contributed by atoms with E-state index in [0.29, 0.717) is 10.0 Å². The highest BCUT2D eigenvalue weighted by Crippen LogP contribution is 2.37. The topological polar surface area (TPSA) is 24.1 Å². The van der Waals surface area contributed by atoms with Gasteiger partial charge in [0.1, 0.15) is 0 Å². The zero-order chi connectivity index (χ0) is 12.5. The molecule has 0 bridgehead atoms. The molecular weight excluding hydrogens is 267 g/mol. The summed E-state index contributed by atoms with van der Waals surface area (Å²) in [5.41, 5.74) is 3.24. The van der Waals surface area contributed by atoms with Crippen LogP contribution in [0, 0.1) is 0 Å². The van der Waals surface area contributed by atoms with Crippen LogP contribution in [-0.2, 0) is 0 Å². The van der Waals surface area contributed by atoms with E-state index >= 15 is 0 Å².